The lowest BCUT2D eigenvalue weighted by Crippen LogP contribution is -2.35. The van der Waals surface area contributed by atoms with E-state index in [2.05, 4.69) is 5.32 Å². The second-order valence-electron chi connectivity index (χ2n) is 6.54. The van der Waals surface area contributed by atoms with Gasteiger partial charge in [0.2, 0.25) is 0 Å². The maximum Gasteiger partial charge on any atom is 0.261 e. The molecule has 0 radical (unpaired) electrons. The van der Waals surface area contributed by atoms with Crippen molar-refractivity contribution in [1.29, 1.82) is 0 Å². The van der Waals surface area contributed by atoms with Crippen molar-refractivity contribution in [1.82, 2.24) is 5.32 Å². The van der Waals surface area contributed by atoms with Gasteiger partial charge in [0.1, 0.15) is 11.5 Å². The molecule has 1 N–H and O–H groups in total. The van der Waals surface area contributed by atoms with Gasteiger partial charge in [-0.25, -0.2) is 0 Å². The fourth-order valence-electron chi connectivity index (χ4n) is 2.98. The maximum atomic E-state index is 12.5. The van der Waals surface area contributed by atoms with E-state index in [4.69, 9.17) is 18.9 Å². The molecular weight excluding hydrogens is 370 g/mol. The molecule has 0 aromatic heterocycles. The zero-order chi connectivity index (χ0) is 20.8. The number of benzene rings is 3. The molecule has 6 heteroatoms. The molecule has 3 aromatic carbocycles. The van der Waals surface area contributed by atoms with Gasteiger partial charge in [-0.1, -0.05) is 18.2 Å². The summed E-state index contributed by atoms with van der Waals surface area (Å²) in [6.07, 6.45) is -0.641. The highest BCUT2D eigenvalue weighted by Crippen LogP contribution is 2.28. The molecule has 0 fully saturated rings. The Morgan fingerprint density at radius 3 is 2.21 bits per heavy atom. The van der Waals surface area contributed by atoms with Crippen LogP contribution in [0.4, 0.5) is 0 Å². The van der Waals surface area contributed by atoms with Gasteiger partial charge in [-0.2, -0.15) is 0 Å². The minimum atomic E-state index is -0.641. The van der Waals surface area contributed by atoms with Crippen molar-refractivity contribution >= 4 is 16.7 Å². The van der Waals surface area contributed by atoms with Crippen LogP contribution in [-0.4, -0.2) is 33.3 Å². The highest BCUT2D eigenvalue weighted by molar-refractivity contribution is 5.85. The first-order valence-electron chi connectivity index (χ1n) is 9.27. The van der Waals surface area contributed by atoms with Gasteiger partial charge in [-0.15, -0.1) is 0 Å². The van der Waals surface area contributed by atoms with Crippen molar-refractivity contribution in [2.45, 2.75) is 19.6 Å². The summed E-state index contributed by atoms with van der Waals surface area (Å²) >= 11 is 0. The molecule has 29 heavy (non-hydrogen) atoms. The number of amides is 1. The molecule has 0 heterocycles. The molecule has 0 saturated carbocycles. The van der Waals surface area contributed by atoms with E-state index in [0.717, 1.165) is 22.1 Å². The quantitative estimate of drug-likeness (QED) is 0.626. The molecule has 6 nitrogen and oxygen atoms in total. The number of carbonyl (C=O) groups excluding carboxylic acids is 1. The topological polar surface area (TPSA) is 66.0 Å². The number of methoxy groups -OCH3 is 3. The monoisotopic (exact) mass is 395 g/mol. The fourth-order valence-corrected chi connectivity index (χ4v) is 2.98. The Balaban J connectivity index is 1.62. The Kier molecular flexibility index (Phi) is 6.44. The molecule has 0 aliphatic carbocycles. The van der Waals surface area contributed by atoms with Crippen molar-refractivity contribution < 1.29 is 23.7 Å². The highest BCUT2D eigenvalue weighted by Gasteiger charge is 2.15. The Morgan fingerprint density at radius 1 is 0.828 bits per heavy atom. The fraction of sp³-hybridized carbons (Fsp3) is 0.261. The van der Waals surface area contributed by atoms with Gasteiger partial charge < -0.3 is 24.3 Å². The van der Waals surface area contributed by atoms with E-state index in [-0.39, 0.29) is 5.91 Å². The van der Waals surface area contributed by atoms with Crippen LogP contribution in [0.25, 0.3) is 10.8 Å². The zero-order valence-electron chi connectivity index (χ0n) is 17.0. The molecule has 0 bridgehead atoms. The largest absolute Gasteiger partial charge is 0.497 e. The first kappa shape index (κ1) is 20.3. The van der Waals surface area contributed by atoms with Gasteiger partial charge in [0, 0.05) is 6.54 Å². The van der Waals surface area contributed by atoms with Gasteiger partial charge in [0.05, 0.1) is 21.3 Å². The molecule has 0 saturated heterocycles. The lowest BCUT2D eigenvalue weighted by atomic mass is 10.1. The summed E-state index contributed by atoms with van der Waals surface area (Å²) in [5.41, 5.74) is 0.904. The Bertz CT molecular complexity index is 1000. The maximum absolute atomic E-state index is 12.5. The summed E-state index contributed by atoms with van der Waals surface area (Å²) in [6.45, 7) is 2.08. The number of fused-ring (bicyclic) bond motifs is 1. The van der Waals surface area contributed by atoms with E-state index in [9.17, 15) is 4.79 Å². The van der Waals surface area contributed by atoms with E-state index in [1.807, 2.05) is 54.6 Å². The number of hydrogen-bond donors (Lipinski definition) is 1. The molecule has 0 unspecified atom stereocenters. The van der Waals surface area contributed by atoms with Gasteiger partial charge in [-0.3, -0.25) is 4.79 Å². The van der Waals surface area contributed by atoms with Crippen LogP contribution in [0.3, 0.4) is 0 Å². The van der Waals surface area contributed by atoms with Crippen LogP contribution < -0.4 is 24.3 Å². The van der Waals surface area contributed by atoms with E-state index < -0.39 is 6.10 Å². The third-order valence-corrected chi connectivity index (χ3v) is 4.62. The Morgan fingerprint density at radius 2 is 1.52 bits per heavy atom. The first-order chi connectivity index (χ1) is 14.0. The van der Waals surface area contributed by atoms with Crippen LogP contribution in [0, 0.1) is 0 Å². The minimum absolute atomic E-state index is 0.203. The third-order valence-electron chi connectivity index (χ3n) is 4.62. The molecule has 152 valence electrons. The van der Waals surface area contributed by atoms with Crippen LogP contribution in [0.15, 0.2) is 54.6 Å². The lowest BCUT2D eigenvalue weighted by Gasteiger charge is -2.16. The van der Waals surface area contributed by atoms with Crippen LogP contribution in [0.1, 0.15) is 12.5 Å². The van der Waals surface area contributed by atoms with Crippen LogP contribution in [-0.2, 0) is 11.3 Å². The Hall–Kier alpha value is -3.41. The van der Waals surface area contributed by atoms with Crippen molar-refractivity contribution in [3.63, 3.8) is 0 Å². The average Bonchev–Trinajstić information content (AvgIpc) is 2.76. The van der Waals surface area contributed by atoms with Crippen LogP contribution >= 0.6 is 0 Å². The SMILES string of the molecule is COc1ccc2ccc(O[C@H](C)C(=O)NCc3ccc(OC)c(OC)c3)cc2c1. The van der Waals surface area contributed by atoms with Crippen molar-refractivity contribution in [2.75, 3.05) is 21.3 Å². The van der Waals surface area contributed by atoms with Crippen LogP contribution in [0.5, 0.6) is 23.0 Å². The summed E-state index contributed by atoms with van der Waals surface area (Å²) in [4.78, 5) is 12.5. The highest BCUT2D eigenvalue weighted by atomic mass is 16.5. The number of ether oxygens (including phenoxy) is 4. The Labute approximate surface area is 170 Å². The first-order valence-corrected chi connectivity index (χ1v) is 9.27. The summed E-state index contributed by atoms with van der Waals surface area (Å²) in [6, 6.07) is 17.1. The molecule has 1 atom stereocenters. The number of rotatable bonds is 8. The minimum Gasteiger partial charge on any atom is -0.497 e. The van der Waals surface area contributed by atoms with Gasteiger partial charge in [-0.05, 0) is 59.7 Å². The summed E-state index contributed by atoms with van der Waals surface area (Å²) in [7, 11) is 4.79. The van der Waals surface area contributed by atoms with E-state index in [1.165, 1.54) is 0 Å². The summed E-state index contributed by atoms with van der Waals surface area (Å²) in [5.74, 6) is 2.46. The van der Waals surface area contributed by atoms with Crippen molar-refractivity contribution in [3.05, 3.63) is 60.2 Å². The predicted molar refractivity (Wildman–Crippen MR) is 112 cm³/mol. The second kappa shape index (κ2) is 9.19. The second-order valence-corrected chi connectivity index (χ2v) is 6.54. The average molecular weight is 395 g/mol. The number of nitrogens with one attached hydrogen (secondary N) is 1. The zero-order valence-corrected chi connectivity index (χ0v) is 17.0. The molecule has 0 aliphatic rings. The van der Waals surface area contributed by atoms with Crippen molar-refractivity contribution in [2.24, 2.45) is 0 Å². The van der Waals surface area contributed by atoms with Crippen molar-refractivity contribution in [3.8, 4) is 23.0 Å². The molecule has 0 aliphatic heterocycles. The lowest BCUT2D eigenvalue weighted by molar-refractivity contribution is -0.127. The standard InChI is InChI=1S/C23H25NO5/c1-15(23(25)24-14-16-5-10-21(27-3)22(11-16)28-4)29-20-9-7-17-6-8-19(26-2)12-18(17)13-20/h5-13,15H,14H2,1-4H3,(H,24,25)/t15-/m1/s1. The number of hydrogen-bond acceptors (Lipinski definition) is 5. The van der Waals surface area contributed by atoms with Gasteiger partial charge >= 0.3 is 0 Å². The van der Waals surface area contributed by atoms with Crippen LogP contribution in [0.2, 0.25) is 0 Å². The van der Waals surface area contributed by atoms with E-state index in [0.29, 0.717) is 23.8 Å². The van der Waals surface area contributed by atoms with E-state index >= 15 is 0 Å². The molecule has 3 aromatic rings. The summed E-state index contributed by atoms with van der Waals surface area (Å²) in [5, 5.41) is 4.94. The molecule has 3 rings (SSSR count). The van der Waals surface area contributed by atoms with Gasteiger partial charge in [0.25, 0.3) is 5.91 Å². The normalized spacial score (nSPS) is 11.6. The number of carbonyl (C=O) groups is 1. The third kappa shape index (κ3) is 4.90. The molecular formula is C23H25NO5. The summed E-state index contributed by atoms with van der Waals surface area (Å²) < 4.78 is 21.6. The van der Waals surface area contributed by atoms with E-state index in [1.54, 1.807) is 28.3 Å². The smallest absolute Gasteiger partial charge is 0.261 e. The van der Waals surface area contributed by atoms with Gasteiger partial charge in [0.15, 0.2) is 17.6 Å². The molecule has 1 amide bonds. The molecule has 0 spiro atoms. The predicted octanol–water partition coefficient (Wildman–Crippen LogP) is 3.95.